The molecule has 1 N–H and O–H groups in total. The molecule has 0 atom stereocenters. The first-order valence-corrected chi connectivity index (χ1v) is 9.42. The van der Waals surface area contributed by atoms with E-state index in [2.05, 4.69) is 37.4 Å². The fraction of sp³-hybridized carbons (Fsp3) is 0.350. The molecule has 4 heteroatoms. The summed E-state index contributed by atoms with van der Waals surface area (Å²) in [6, 6.07) is 18.2. The number of ether oxygens (including phenoxy) is 1. The lowest BCUT2D eigenvalue weighted by Gasteiger charge is -2.14. The van der Waals surface area contributed by atoms with Crippen LogP contribution in [-0.2, 0) is 10.5 Å². The van der Waals surface area contributed by atoms with Crippen molar-refractivity contribution < 1.29 is 9.53 Å². The Balaban J connectivity index is 1.63. The summed E-state index contributed by atoms with van der Waals surface area (Å²) >= 11 is 1.62. The van der Waals surface area contributed by atoms with Crippen LogP contribution in [-0.4, -0.2) is 24.8 Å². The van der Waals surface area contributed by atoms with Crippen LogP contribution in [0.25, 0.3) is 0 Å². The molecule has 0 unspecified atom stereocenters. The highest BCUT2D eigenvalue weighted by molar-refractivity contribution is 7.99. The van der Waals surface area contributed by atoms with Gasteiger partial charge in [-0.05, 0) is 23.1 Å². The van der Waals surface area contributed by atoms with Crippen LogP contribution in [0.3, 0.4) is 0 Å². The van der Waals surface area contributed by atoms with Gasteiger partial charge in [-0.15, -0.1) is 11.8 Å². The predicted molar refractivity (Wildman–Crippen MR) is 102 cm³/mol. The molecule has 2 aromatic carbocycles. The van der Waals surface area contributed by atoms with E-state index in [1.54, 1.807) is 11.8 Å². The highest BCUT2D eigenvalue weighted by Crippen LogP contribution is 2.25. The molecule has 0 spiro atoms. The van der Waals surface area contributed by atoms with Crippen molar-refractivity contribution in [2.75, 3.05) is 18.9 Å². The molecule has 24 heavy (non-hydrogen) atoms. The van der Waals surface area contributed by atoms with E-state index >= 15 is 0 Å². The third-order valence-corrected chi connectivity index (χ3v) is 4.57. The minimum Gasteiger partial charge on any atom is -0.491 e. The largest absolute Gasteiger partial charge is 0.491 e. The standard InChI is InChI=1S/C20H25NO2S/c1-16(2)18-10-6-7-11-19(18)23-13-12-21-20(22)15-24-14-17-8-4-3-5-9-17/h3-11,16H,12-15H2,1-2H3,(H,21,22). The van der Waals surface area contributed by atoms with Gasteiger partial charge in [-0.1, -0.05) is 62.4 Å². The van der Waals surface area contributed by atoms with E-state index in [9.17, 15) is 4.79 Å². The quantitative estimate of drug-likeness (QED) is 0.692. The smallest absolute Gasteiger partial charge is 0.230 e. The van der Waals surface area contributed by atoms with Crippen molar-refractivity contribution in [2.24, 2.45) is 0 Å². The number of thioether (sulfide) groups is 1. The van der Waals surface area contributed by atoms with Crippen LogP contribution in [0.2, 0.25) is 0 Å². The van der Waals surface area contributed by atoms with Crippen LogP contribution in [0.4, 0.5) is 0 Å². The summed E-state index contributed by atoms with van der Waals surface area (Å²) in [7, 11) is 0. The fourth-order valence-corrected chi connectivity index (χ4v) is 3.14. The molecule has 1 amide bonds. The number of carbonyl (C=O) groups is 1. The average Bonchev–Trinajstić information content (AvgIpc) is 2.60. The summed E-state index contributed by atoms with van der Waals surface area (Å²) in [4.78, 5) is 11.8. The number of para-hydroxylation sites is 1. The summed E-state index contributed by atoms with van der Waals surface area (Å²) in [6.45, 7) is 5.30. The van der Waals surface area contributed by atoms with Crippen LogP contribution < -0.4 is 10.1 Å². The molecule has 3 nitrogen and oxygen atoms in total. The molecular weight excluding hydrogens is 318 g/mol. The zero-order chi connectivity index (χ0) is 17.2. The maximum absolute atomic E-state index is 11.8. The summed E-state index contributed by atoms with van der Waals surface area (Å²) in [6.07, 6.45) is 0. The summed E-state index contributed by atoms with van der Waals surface area (Å²) in [5, 5.41) is 2.90. The molecule has 128 valence electrons. The molecule has 2 rings (SSSR count). The molecule has 0 aromatic heterocycles. The molecule has 0 aliphatic heterocycles. The third-order valence-electron chi connectivity index (χ3n) is 3.57. The van der Waals surface area contributed by atoms with Crippen molar-refractivity contribution in [1.82, 2.24) is 5.32 Å². The Kier molecular flexibility index (Phi) is 7.69. The SMILES string of the molecule is CC(C)c1ccccc1OCCNC(=O)CSCc1ccccc1. The van der Waals surface area contributed by atoms with E-state index in [0.717, 1.165) is 11.5 Å². The minimum absolute atomic E-state index is 0.0525. The van der Waals surface area contributed by atoms with Crippen LogP contribution >= 0.6 is 11.8 Å². The highest BCUT2D eigenvalue weighted by atomic mass is 32.2. The molecule has 0 saturated carbocycles. The second kappa shape index (κ2) is 10.0. The first-order chi connectivity index (χ1) is 11.7. The third kappa shape index (κ3) is 6.28. The van der Waals surface area contributed by atoms with Gasteiger partial charge >= 0.3 is 0 Å². The van der Waals surface area contributed by atoms with E-state index in [-0.39, 0.29) is 5.91 Å². The molecule has 0 fully saturated rings. The van der Waals surface area contributed by atoms with E-state index in [0.29, 0.717) is 24.8 Å². The van der Waals surface area contributed by atoms with E-state index in [4.69, 9.17) is 4.74 Å². The van der Waals surface area contributed by atoms with Gasteiger partial charge in [-0.3, -0.25) is 4.79 Å². The van der Waals surface area contributed by atoms with Gasteiger partial charge in [0.15, 0.2) is 0 Å². The van der Waals surface area contributed by atoms with Gasteiger partial charge in [0.1, 0.15) is 12.4 Å². The monoisotopic (exact) mass is 343 g/mol. The Hall–Kier alpha value is -1.94. The lowest BCUT2D eigenvalue weighted by atomic mass is 10.0. The molecule has 0 heterocycles. The summed E-state index contributed by atoms with van der Waals surface area (Å²) < 4.78 is 5.80. The second-order valence-electron chi connectivity index (χ2n) is 5.87. The van der Waals surface area contributed by atoms with Gasteiger partial charge in [0.05, 0.1) is 12.3 Å². The Bertz CT molecular complexity index is 629. The van der Waals surface area contributed by atoms with Crippen molar-refractivity contribution >= 4 is 17.7 Å². The molecule has 2 aromatic rings. The number of nitrogens with one attached hydrogen (secondary N) is 1. The van der Waals surface area contributed by atoms with Crippen LogP contribution in [0.5, 0.6) is 5.75 Å². The van der Waals surface area contributed by atoms with Gasteiger partial charge in [-0.2, -0.15) is 0 Å². The first-order valence-electron chi connectivity index (χ1n) is 8.27. The highest BCUT2D eigenvalue weighted by Gasteiger charge is 2.07. The van der Waals surface area contributed by atoms with Crippen molar-refractivity contribution in [2.45, 2.75) is 25.5 Å². The minimum atomic E-state index is 0.0525. The Morgan fingerprint density at radius 3 is 2.54 bits per heavy atom. The first kappa shape index (κ1) is 18.4. The number of carbonyl (C=O) groups excluding carboxylic acids is 1. The molecule has 0 aliphatic rings. The molecule has 0 aliphatic carbocycles. The average molecular weight is 343 g/mol. The Labute approximate surface area is 148 Å². The molecular formula is C20H25NO2S. The lowest BCUT2D eigenvalue weighted by Crippen LogP contribution is -2.29. The van der Waals surface area contributed by atoms with Crippen LogP contribution in [0.1, 0.15) is 30.9 Å². The van der Waals surface area contributed by atoms with Gasteiger partial charge in [-0.25, -0.2) is 0 Å². The Morgan fingerprint density at radius 1 is 1.08 bits per heavy atom. The van der Waals surface area contributed by atoms with Crippen molar-refractivity contribution in [1.29, 1.82) is 0 Å². The van der Waals surface area contributed by atoms with E-state index in [1.807, 2.05) is 36.4 Å². The van der Waals surface area contributed by atoms with Crippen LogP contribution in [0, 0.1) is 0 Å². The van der Waals surface area contributed by atoms with Gasteiger partial charge in [0.25, 0.3) is 0 Å². The van der Waals surface area contributed by atoms with Gasteiger partial charge in [0, 0.05) is 5.75 Å². The van der Waals surface area contributed by atoms with Crippen LogP contribution in [0.15, 0.2) is 54.6 Å². The van der Waals surface area contributed by atoms with E-state index in [1.165, 1.54) is 11.1 Å². The zero-order valence-electron chi connectivity index (χ0n) is 14.3. The summed E-state index contributed by atoms with van der Waals surface area (Å²) in [5.74, 6) is 2.70. The molecule has 0 saturated heterocycles. The Morgan fingerprint density at radius 2 is 1.79 bits per heavy atom. The predicted octanol–water partition coefficient (Wildman–Crippen LogP) is 4.24. The second-order valence-corrected chi connectivity index (χ2v) is 6.85. The number of benzene rings is 2. The van der Waals surface area contributed by atoms with Crippen molar-refractivity contribution in [3.63, 3.8) is 0 Å². The normalized spacial score (nSPS) is 10.6. The summed E-state index contributed by atoms with van der Waals surface area (Å²) in [5.41, 5.74) is 2.44. The molecule has 0 radical (unpaired) electrons. The van der Waals surface area contributed by atoms with Crippen molar-refractivity contribution in [3.05, 3.63) is 65.7 Å². The van der Waals surface area contributed by atoms with Gasteiger partial charge < -0.3 is 10.1 Å². The zero-order valence-corrected chi connectivity index (χ0v) is 15.1. The lowest BCUT2D eigenvalue weighted by molar-refractivity contribution is -0.118. The van der Waals surface area contributed by atoms with Gasteiger partial charge in [0.2, 0.25) is 5.91 Å². The topological polar surface area (TPSA) is 38.3 Å². The number of hydrogen-bond donors (Lipinski definition) is 1. The van der Waals surface area contributed by atoms with E-state index < -0.39 is 0 Å². The number of hydrogen-bond acceptors (Lipinski definition) is 3. The maximum atomic E-state index is 11.8. The fourth-order valence-electron chi connectivity index (χ4n) is 2.33. The maximum Gasteiger partial charge on any atom is 0.230 e. The molecule has 0 bridgehead atoms. The number of rotatable bonds is 9. The van der Waals surface area contributed by atoms with Crippen molar-refractivity contribution in [3.8, 4) is 5.75 Å². The number of amides is 1.